The average Bonchev–Trinajstić information content (AvgIpc) is 2.18. The van der Waals surface area contributed by atoms with E-state index in [0.717, 1.165) is 12.8 Å². The van der Waals surface area contributed by atoms with Gasteiger partial charge in [-0.3, -0.25) is 4.79 Å². The Kier molecular flexibility index (Phi) is 1.77. The van der Waals surface area contributed by atoms with Gasteiger partial charge < -0.3 is 0 Å². The van der Waals surface area contributed by atoms with Crippen molar-refractivity contribution in [2.75, 3.05) is 0 Å². The van der Waals surface area contributed by atoms with Gasteiger partial charge in [-0.05, 0) is 6.42 Å². The lowest BCUT2D eigenvalue weighted by atomic mass is 10.2. The highest BCUT2D eigenvalue weighted by atomic mass is 16.2. The first-order valence-electron chi connectivity index (χ1n) is 3.04. The highest BCUT2D eigenvalue weighted by Gasteiger charge is 2.20. The summed E-state index contributed by atoms with van der Waals surface area (Å²) in [5.74, 6) is -0.0724. The van der Waals surface area contributed by atoms with E-state index >= 15 is 0 Å². The smallest absolute Gasteiger partial charge is 0.268 e. The van der Waals surface area contributed by atoms with Gasteiger partial charge >= 0.3 is 0 Å². The van der Waals surface area contributed by atoms with Crippen molar-refractivity contribution in [3.05, 3.63) is 0 Å². The lowest BCUT2D eigenvalue weighted by molar-refractivity contribution is -0.120. The van der Waals surface area contributed by atoms with E-state index in [4.69, 9.17) is 0 Å². The van der Waals surface area contributed by atoms with Crippen LogP contribution in [0.4, 0.5) is 0 Å². The van der Waals surface area contributed by atoms with Crippen LogP contribution in [-0.4, -0.2) is 11.9 Å². The van der Waals surface area contributed by atoms with Gasteiger partial charge in [-0.1, -0.05) is 18.6 Å². The molecule has 1 aliphatic rings. The number of hydrogen-bond donors (Lipinski definition) is 1. The molecule has 0 fully saturated rings. The molecule has 0 saturated carbocycles. The van der Waals surface area contributed by atoms with Crippen molar-refractivity contribution in [2.24, 2.45) is 10.3 Å². The van der Waals surface area contributed by atoms with Crippen molar-refractivity contribution >= 4 is 5.91 Å². The standard InChI is InChI=1S/C5H9N3O/c1-2-3-4-5(9)7-8-6-4/h4H,2-3H2,1H3,(H,6,7,9). The van der Waals surface area contributed by atoms with Gasteiger partial charge in [-0.15, -0.1) is 0 Å². The molecule has 1 atom stereocenters. The summed E-state index contributed by atoms with van der Waals surface area (Å²) in [5.41, 5.74) is 2.27. The fourth-order valence-corrected chi connectivity index (χ4v) is 0.737. The van der Waals surface area contributed by atoms with E-state index < -0.39 is 0 Å². The van der Waals surface area contributed by atoms with Crippen molar-refractivity contribution < 1.29 is 4.79 Å². The van der Waals surface area contributed by atoms with Gasteiger partial charge in [0.15, 0.2) is 6.04 Å². The van der Waals surface area contributed by atoms with Crippen molar-refractivity contribution in [1.82, 2.24) is 5.43 Å². The van der Waals surface area contributed by atoms with Gasteiger partial charge in [0.2, 0.25) is 0 Å². The molecule has 9 heavy (non-hydrogen) atoms. The largest absolute Gasteiger partial charge is 0.271 e. The molecule has 1 amide bonds. The fraction of sp³-hybridized carbons (Fsp3) is 0.800. The molecular weight excluding hydrogens is 118 g/mol. The summed E-state index contributed by atoms with van der Waals surface area (Å²) in [6.07, 6.45) is 1.77. The van der Waals surface area contributed by atoms with Gasteiger partial charge in [0.25, 0.3) is 5.91 Å². The third kappa shape index (κ3) is 1.25. The minimum Gasteiger partial charge on any atom is -0.271 e. The van der Waals surface area contributed by atoms with Crippen LogP contribution in [0.3, 0.4) is 0 Å². The zero-order valence-corrected chi connectivity index (χ0v) is 5.29. The Balaban J connectivity index is 2.40. The highest BCUT2D eigenvalue weighted by molar-refractivity contribution is 5.82. The van der Waals surface area contributed by atoms with E-state index in [2.05, 4.69) is 15.8 Å². The second kappa shape index (κ2) is 2.57. The van der Waals surface area contributed by atoms with E-state index in [1.54, 1.807) is 0 Å². The van der Waals surface area contributed by atoms with E-state index in [1.807, 2.05) is 6.92 Å². The summed E-state index contributed by atoms with van der Waals surface area (Å²) in [4.78, 5) is 10.7. The second-order valence-electron chi connectivity index (χ2n) is 2.00. The van der Waals surface area contributed by atoms with Crippen LogP contribution in [-0.2, 0) is 4.79 Å². The van der Waals surface area contributed by atoms with E-state index in [0.29, 0.717) is 0 Å². The molecule has 1 N–H and O–H groups in total. The molecule has 0 aromatic rings. The van der Waals surface area contributed by atoms with Crippen LogP contribution in [0.5, 0.6) is 0 Å². The van der Waals surface area contributed by atoms with Crippen molar-refractivity contribution in [1.29, 1.82) is 0 Å². The van der Waals surface area contributed by atoms with Gasteiger partial charge in [0.05, 0.1) is 0 Å². The van der Waals surface area contributed by atoms with Crippen molar-refractivity contribution in [2.45, 2.75) is 25.8 Å². The SMILES string of the molecule is CCCC1N=NNC1=O. The lowest BCUT2D eigenvalue weighted by Crippen LogP contribution is -2.22. The Bertz CT molecular complexity index is 143. The number of carbonyl (C=O) groups excluding carboxylic acids is 1. The maximum atomic E-state index is 10.7. The Morgan fingerprint density at radius 2 is 2.56 bits per heavy atom. The van der Waals surface area contributed by atoms with Crippen LogP contribution in [0, 0.1) is 0 Å². The second-order valence-corrected chi connectivity index (χ2v) is 2.00. The average molecular weight is 127 g/mol. The molecule has 0 saturated heterocycles. The molecular formula is C5H9N3O. The lowest BCUT2D eigenvalue weighted by Gasteiger charge is -1.96. The fourth-order valence-electron chi connectivity index (χ4n) is 0.737. The highest BCUT2D eigenvalue weighted by Crippen LogP contribution is 2.05. The molecule has 0 aromatic carbocycles. The summed E-state index contributed by atoms with van der Waals surface area (Å²) >= 11 is 0. The minimum absolute atomic E-state index is 0.0724. The number of rotatable bonds is 2. The normalized spacial score (nSPS) is 24.6. The summed E-state index contributed by atoms with van der Waals surface area (Å²) in [6.45, 7) is 2.02. The molecule has 4 nitrogen and oxygen atoms in total. The van der Waals surface area contributed by atoms with E-state index in [9.17, 15) is 4.79 Å². The van der Waals surface area contributed by atoms with Crippen molar-refractivity contribution in [3.8, 4) is 0 Å². The Hall–Kier alpha value is -0.930. The molecule has 0 spiro atoms. The first kappa shape index (κ1) is 6.19. The molecule has 1 unspecified atom stereocenters. The van der Waals surface area contributed by atoms with Gasteiger partial charge in [-0.25, -0.2) is 5.43 Å². The predicted octanol–water partition coefficient (Wildman–Crippen LogP) is 0.652. The van der Waals surface area contributed by atoms with Gasteiger partial charge in [0, 0.05) is 0 Å². The topological polar surface area (TPSA) is 53.8 Å². The number of amides is 1. The molecule has 0 aliphatic carbocycles. The molecule has 50 valence electrons. The van der Waals surface area contributed by atoms with Gasteiger partial charge in [-0.2, -0.15) is 5.11 Å². The maximum Gasteiger partial charge on any atom is 0.268 e. The monoisotopic (exact) mass is 127 g/mol. The molecule has 4 heteroatoms. The van der Waals surface area contributed by atoms with E-state index in [-0.39, 0.29) is 11.9 Å². The summed E-state index contributed by atoms with van der Waals surface area (Å²) in [7, 11) is 0. The minimum atomic E-state index is -0.213. The molecule has 1 aliphatic heterocycles. The predicted molar refractivity (Wildman–Crippen MR) is 31.7 cm³/mol. The zero-order valence-electron chi connectivity index (χ0n) is 5.29. The maximum absolute atomic E-state index is 10.7. The zero-order chi connectivity index (χ0) is 6.69. The van der Waals surface area contributed by atoms with Crippen LogP contribution >= 0.6 is 0 Å². The summed E-state index contributed by atoms with van der Waals surface area (Å²) < 4.78 is 0. The van der Waals surface area contributed by atoms with Crippen LogP contribution < -0.4 is 5.43 Å². The molecule has 1 rings (SSSR count). The summed E-state index contributed by atoms with van der Waals surface area (Å²) in [6, 6.07) is -0.213. The van der Waals surface area contributed by atoms with Crippen LogP contribution in [0.25, 0.3) is 0 Å². The molecule has 0 aromatic heterocycles. The quantitative estimate of drug-likeness (QED) is 0.581. The Labute approximate surface area is 53.3 Å². The third-order valence-corrected chi connectivity index (χ3v) is 1.22. The Morgan fingerprint density at radius 1 is 1.78 bits per heavy atom. The van der Waals surface area contributed by atoms with Crippen LogP contribution in [0.2, 0.25) is 0 Å². The number of nitrogens with one attached hydrogen (secondary N) is 1. The summed E-state index contributed by atoms with van der Waals surface area (Å²) in [5, 5.41) is 7.06. The van der Waals surface area contributed by atoms with Gasteiger partial charge in [0.1, 0.15) is 0 Å². The Morgan fingerprint density at radius 3 is 3.00 bits per heavy atom. The number of nitrogens with zero attached hydrogens (tertiary/aromatic N) is 2. The van der Waals surface area contributed by atoms with Crippen molar-refractivity contribution in [3.63, 3.8) is 0 Å². The molecule has 0 bridgehead atoms. The van der Waals surface area contributed by atoms with Crippen LogP contribution in [0.15, 0.2) is 10.3 Å². The van der Waals surface area contributed by atoms with Crippen LogP contribution in [0.1, 0.15) is 19.8 Å². The number of hydrogen-bond acceptors (Lipinski definition) is 3. The first-order chi connectivity index (χ1) is 4.34. The third-order valence-electron chi connectivity index (χ3n) is 1.22. The first-order valence-corrected chi connectivity index (χ1v) is 3.04. The van der Waals surface area contributed by atoms with E-state index in [1.165, 1.54) is 0 Å². The number of carbonyl (C=O) groups is 1. The molecule has 1 heterocycles. The molecule has 0 radical (unpaired) electrons.